The van der Waals surface area contributed by atoms with Crippen molar-refractivity contribution in [1.29, 1.82) is 5.26 Å². The maximum atomic E-state index is 12.8. The highest BCUT2D eigenvalue weighted by atomic mass is 32.2. The minimum Gasteiger partial charge on any atom is -0.366 e. The number of nitrogens with one attached hydrogen (secondary N) is 1. The molecule has 182 valence electrons. The molecule has 2 aromatic carbocycles. The van der Waals surface area contributed by atoms with Gasteiger partial charge in [0.15, 0.2) is 0 Å². The second-order valence-electron chi connectivity index (χ2n) is 7.66. The number of carbonyl (C=O) groups is 1. The number of hydrogen-bond acceptors (Lipinski definition) is 5. The Morgan fingerprint density at radius 3 is 2.18 bits per heavy atom. The molecule has 0 saturated carbocycles. The smallest absolute Gasteiger partial charge is 0.232 e. The predicted molar refractivity (Wildman–Crippen MR) is 132 cm³/mol. The summed E-state index contributed by atoms with van der Waals surface area (Å²) >= 11 is 0. The summed E-state index contributed by atoms with van der Waals surface area (Å²) in [6.45, 7) is 0.936. The molecular weight excluding hydrogens is 460 g/mol. The standard InChI is InChI=1S/C25H29F2N3O3S/c1-2-3-4-17-34(32,33)29-23-9-7-21(8-10-23)25(31)22(19-28)18-20-5-11-24(12-6-20)30(15-13-26)16-14-27/h5-12,18,29H,2-4,13-17H2,1H3/b22-18-. The van der Waals surface area contributed by atoms with E-state index >= 15 is 0 Å². The van der Waals surface area contributed by atoms with E-state index in [1.54, 1.807) is 29.2 Å². The van der Waals surface area contributed by atoms with Crippen LogP contribution in [-0.2, 0) is 10.0 Å². The maximum absolute atomic E-state index is 12.8. The van der Waals surface area contributed by atoms with Crippen molar-refractivity contribution >= 4 is 33.3 Å². The lowest BCUT2D eigenvalue weighted by Crippen LogP contribution is -2.27. The van der Waals surface area contributed by atoms with E-state index in [4.69, 9.17) is 0 Å². The molecule has 0 fully saturated rings. The van der Waals surface area contributed by atoms with E-state index in [1.807, 2.05) is 13.0 Å². The Hall–Kier alpha value is -3.25. The summed E-state index contributed by atoms with van der Waals surface area (Å²) in [5.41, 5.74) is 1.73. The lowest BCUT2D eigenvalue weighted by molar-refractivity contribution is 0.104. The number of hydrogen-bond donors (Lipinski definition) is 1. The zero-order valence-electron chi connectivity index (χ0n) is 19.1. The number of unbranched alkanes of at least 4 members (excludes halogenated alkanes) is 2. The molecular formula is C25H29F2N3O3S. The molecule has 0 spiro atoms. The number of alkyl halides is 2. The van der Waals surface area contributed by atoms with Gasteiger partial charge in [-0.15, -0.1) is 0 Å². The number of rotatable bonds is 14. The number of allylic oxidation sites excluding steroid dienone is 1. The zero-order valence-corrected chi connectivity index (χ0v) is 20.0. The minimum atomic E-state index is -3.46. The number of sulfonamides is 1. The van der Waals surface area contributed by atoms with Gasteiger partial charge in [0, 0.05) is 30.0 Å². The second kappa shape index (κ2) is 13.5. The van der Waals surface area contributed by atoms with Gasteiger partial charge in [-0.2, -0.15) is 5.26 Å². The van der Waals surface area contributed by atoms with Crippen LogP contribution in [0.4, 0.5) is 20.2 Å². The molecule has 1 N–H and O–H groups in total. The van der Waals surface area contributed by atoms with Crippen LogP contribution in [0.15, 0.2) is 54.1 Å². The number of anilines is 2. The SMILES string of the molecule is CCCCCS(=O)(=O)Nc1ccc(C(=O)/C(C#N)=C\c2ccc(N(CCF)CCF)cc2)cc1. The summed E-state index contributed by atoms with van der Waals surface area (Å²) in [7, 11) is -3.46. The largest absolute Gasteiger partial charge is 0.366 e. The lowest BCUT2D eigenvalue weighted by atomic mass is 10.0. The van der Waals surface area contributed by atoms with E-state index in [9.17, 15) is 27.3 Å². The van der Waals surface area contributed by atoms with Crippen molar-refractivity contribution in [2.75, 3.05) is 41.8 Å². The normalized spacial score (nSPS) is 11.6. The summed E-state index contributed by atoms with van der Waals surface area (Å²) < 4.78 is 52.1. The van der Waals surface area contributed by atoms with Gasteiger partial charge in [-0.25, -0.2) is 17.2 Å². The fourth-order valence-corrected chi connectivity index (χ4v) is 4.47. The number of Topliss-reactive ketones (excluding diaryl/α,β-unsaturated/α-hetero) is 1. The predicted octanol–water partition coefficient (Wildman–Crippen LogP) is 5.15. The molecule has 0 atom stereocenters. The van der Waals surface area contributed by atoms with E-state index in [2.05, 4.69) is 4.72 Å². The van der Waals surface area contributed by atoms with Crippen LogP contribution >= 0.6 is 0 Å². The third-order valence-corrected chi connectivity index (χ3v) is 6.45. The van der Waals surface area contributed by atoms with Crippen molar-refractivity contribution < 1.29 is 22.0 Å². The third kappa shape index (κ3) is 8.27. The van der Waals surface area contributed by atoms with Crippen LogP contribution < -0.4 is 9.62 Å². The number of nitrogens with zero attached hydrogens (tertiary/aromatic N) is 2. The zero-order chi connectivity index (χ0) is 25.0. The number of ketones is 1. The van der Waals surface area contributed by atoms with E-state index in [1.165, 1.54) is 30.3 Å². The van der Waals surface area contributed by atoms with E-state index < -0.39 is 29.2 Å². The molecule has 0 saturated heterocycles. The van der Waals surface area contributed by atoms with Gasteiger partial charge in [-0.05, 0) is 54.5 Å². The van der Waals surface area contributed by atoms with Crippen molar-refractivity contribution in [3.63, 3.8) is 0 Å². The first-order chi connectivity index (χ1) is 16.3. The van der Waals surface area contributed by atoms with Gasteiger partial charge < -0.3 is 4.90 Å². The van der Waals surface area contributed by atoms with Gasteiger partial charge in [0.1, 0.15) is 25.0 Å². The van der Waals surface area contributed by atoms with Crippen molar-refractivity contribution in [2.24, 2.45) is 0 Å². The van der Waals surface area contributed by atoms with Gasteiger partial charge in [-0.1, -0.05) is 31.9 Å². The number of carbonyl (C=O) groups excluding carboxylic acids is 1. The van der Waals surface area contributed by atoms with Crippen LogP contribution in [0.5, 0.6) is 0 Å². The number of halogens is 2. The fourth-order valence-electron chi connectivity index (χ4n) is 3.29. The van der Waals surface area contributed by atoms with Crippen molar-refractivity contribution in [1.82, 2.24) is 0 Å². The molecule has 0 radical (unpaired) electrons. The first kappa shape index (κ1) is 27.0. The molecule has 0 aliphatic heterocycles. The van der Waals surface area contributed by atoms with Crippen LogP contribution in [0.1, 0.15) is 42.1 Å². The molecule has 0 aromatic heterocycles. The molecule has 0 unspecified atom stereocenters. The average molecular weight is 490 g/mol. The van der Waals surface area contributed by atoms with Crippen molar-refractivity contribution in [3.05, 3.63) is 65.2 Å². The average Bonchev–Trinajstić information content (AvgIpc) is 2.83. The summed E-state index contributed by atoms with van der Waals surface area (Å²) in [5.74, 6) is -0.471. The molecule has 9 heteroatoms. The summed E-state index contributed by atoms with van der Waals surface area (Å²) in [5, 5.41) is 9.49. The van der Waals surface area contributed by atoms with Crippen LogP contribution in [0, 0.1) is 11.3 Å². The van der Waals surface area contributed by atoms with Crippen LogP contribution in [0.3, 0.4) is 0 Å². The Balaban J connectivity index is 2.12. The highest BCUT2D eigenvalue weighted by Crippen LogP contribution is 2.19. The first-order valence-electron chi connectivity index (χ1n) is 11.1. The molecule has 0 bridgehead atoms. The molecule has 2 rings (SSSR count). The Labute approximate surface area is 199 Å². The van der Waals surface area contributed by atoms with Gasteiger partial charge in [0.2, 0.25) is 15.8 Å². The third-order valence-electron chi connectivity index (χ3n) is 5.08. The Morgan fingerprint density at radius 2 is 1.65 bits per heavy atom. The molecule has 2 aromatic rings. The Morgan fingerprint density at radius 1 is 1.03 bits per heavy atom. The van der Waals surface area contributed by atoms with Crippen molar-refractivity contribution in [3.8, 4) is 6.07 Å². The molecule has 0 amide bonds. The van der Waals surface area contributed by atoms with E-state index in [0.717, 1.165) is 12.8 Å². The van der Waals surface area contributed by atoms with Crippen molar-refractivity contribution in [2.45, 2.75) is 26.2 Å². The van der Waals surface area contributed by atoms with Gasteiger partial charge in [0.25, 0.3) is 0 Å². The Kier molecular flexibility index (Phi) is 10.7. The quantitative estimate of drug-likeness (QED) is 0.171. The number of nitriles is 1. The van der Waals surface area contributed by atoms with Gasteiger partial charge in [0.05, 0.1) is 5.75 Å². The van der Waals surface area contributed by atoms with Crippen LogP contribution in [0.25, 0.3) is 6.08 Å². The fraction of sp³-hybridized carbons (Fsp3) is 0.360. The van der Waals surface area contributed by atoms with Crippen LogP contribution in [0.2, 0.25) is 0 Å². The minimum absolute atomic E-state index is 0.0287. The van der Waals surface area contributed by atoms with E-state index in [-0.39, 0.29) is 30.0 Å². The molecule has 0 aliphatic carbocycles. The molecule has 34 heavy (non-hydrogen) atoms. The lowest BCUT2D eigenvalue weighted by Gasteiger charge is -2.22. The summed E-state index contributed by atoms with van der Waals surface area (Å²) in [6, 6.07) is 14.5. The highest BCUT2D eigenvalue weighted by molar-refractivity contribution is 7.92. The summed E-state index contributed by atoms with van der Waals surface area (Å²) in [4.78, 5) is 14.3. The molecule has 6 nitrogen and oxygen atoms in total. The molecule has 0 heterocycles. The highest BCUT2D eigenvalue weighted by Gasteiger charge is 2.14. The molecule has 0 aliphatic rings. The monoisotopic (exact) mass is 489 g/mol. The summed E-state index contributed by atoms with van der Waals surface area (Å²) in [6.07, 6.45) is 3.75. The topological polar surface area (TPSA) is 90.3 Å². The van der Waals surface area contributed by atoms with Crippen LogP contribution in [-0.4, -0.2) is 46.4 Å². The number of benzene rings is 2. The first-order valence-corrected chi connectivity index (χ1v) is 12.7. The van der Waals surface area contributed by atoms with Gasteiger partial charge in [-0.3, -0.25) is 9.52 Å². The van der Waals surface area contributed by atoms with E-state index in [0.29, 0.717) is 23.4 Å². The maximum Gasteiger partial charge on any atom is 0.232 e. The Bertz CT molecular complexity index is 1100. The second-order valence-corrected chi connectivity index (χ2v) is 9.50. The van der Waals surface area contributed by atoms with Gasteiger partial charge >= 0.3 is 0 Å².